The van der Waals surface area contributed by atoms with Crippen molar-refractivity contribution in [3.8, 4) is 11.5 Å². The summed E-state index contributed by atoms with van der Waals surface area (Å²) in [5, 5.41) is 9.36. The van der Waals surface area contributed by atoms with Gasteiger partial charge in [-0.1, -0.05) is 15.9 Å². The average Bonchev–Trinajstić information content (AvgIpc) is 2.95. The molecule has 0 spiro atoms. The third-order valence-corrected chi connectivity index (χ3v) is 3.88. The molecule has 0 aliphatic rings. The van der Waals surface area contributed by atoms with Crippen LogP contribution >= 0.6 is 15.9 Å². The Kier molecular flexibility index (Phi) is 2.68. The van der Waals surface area contributed by atoms with Gasteiger partial charge < -0.3 is 8.82 Å². The van der Waals surface area contributed by atoms with Gasteiger partial charge in [0.05, 0.1) is 17.1 Å². The van der Waals surface area contributed by atoms with Crippen LogP contribution in [0, 0.1) is 5.41 Å². The van der Waals surface area contributed by atoms with Crippen LogP contribution in [0.5, 0.6) is 0 Å². The standard InChI is InChI=1S/C16H10BrN3O/c17-10-3-4-15-12(6-10)13(18)7-16(21-15)14-9-20-5-1-2-11(20)8-19-14/h1-9,18H. The summed E-state index contributed by atoms with van der Waals surface area (Å²) < 4.78 is 8.80. The summed E-state index contributed by atoms with van der Waals surface area (Å²) in [4.78, 5) is 4.41. The number of aromatic nitrogens is 2. The second-order valence-corrected chi connectivity index (χ2v) is 5.69. The quantitative estimate of drug-likeness (QED) is 0.570. The normalized spacial score (nSPS) is 11.3. The summed E-state index contributed by atoms with van der Waals surface area (Å²) in [7, 11) is 0. The third kappa shape index (κ3) is 2.06. The predicted molar refractivity (Wildman–Crippen MR) is 84.0 cm³/mol. The van der Waals surface area contributed by atoms with Crippen LogP contribution in [0.1, 0.15) is 0 Å². The van der Waals surface area contributed by atoms with Crippen molar-refractivity contribution in [1.82, 2.24) is 9.38 Å². The molecule has 4 nitrogen and oxygen atoms in total. The number of benzene rings is 1. The number of rotatable bonds is 1. The lowest BCUT2D eigenvalue weighted by Crippen LogP contribution is -2.01. The Morgan fingerprint density at radius 1 is 1.19 bits per heavy atom. The van der Waals surface area contributed by atoms with Crippen LogP contribution in [0.15, 0.2) is 63.9 Å². The number of hydrogen-bond acceptors (Lipinski definition) is 3. The number of nitrogens with one attached hydrogen (secondary N) is 1. The first kappa shape index (κ1) is 12.3. The highest BCUT2D eigenvalue weighted by molar-refractivity contribution is 9.10. The lowest BCUT2D eigenvalue weighted by Gasteiger charge is -2.05. The van der Waals surface area contributed by atoms with Crippen molar-refractivity contribution >= 4 is 32.4 Å². The van der Waals surface area contributed by atoms with Crippen LogP contribution < -0.4 is 5.36 Å². The first-order valence-electron chi connectivity index (χ1n) is 6.42. The van der Waals surface area contributed by atoms with Gasteiger partial charge >= 0.3 is 0 Å². The minimum absolute atomic E-state index is 0.418. The van der Waals surface area contributed by atoms with E-state index in [0.29, 0.717) is 22.4 Å². The van der Waals surface area contributed by atoms with Crippen molar-refractivity contribution in [1.29, 1.82) is 5.41 Å². The van der Waals surface area contributed by atoms with Crippen LogP contribution in [0.2, 0.25) is 0 Å². The summed E-state index contributed by atoms with van der Waals surface area (Å²) in [6.07, 6.45) is 5.65. The number of nitrogens with zero attached hydrogens (tertiary/aromatic N) is 2. The molecular formula is C16H10BrN3O. The Morgan fingerprint density at radius 3 is 3.00 bits per heavy atom. The van der Waals surface area contributed by atoms with Crippen molar-refractivity contribution < 1.29 is 4.42 Å². The molecule has 4 rings (SSSR count). The maximum atomic E-state index is 8.17. The van der Waals surface area contributed by atoms with E-state index >= 15 is 0 Å². The molecule has 0 atom stereocenters. The fourth-order valence-electron chi connectivity index (χ4n) is 2.35. The molecule has 3 heterocycles. The smallest absolute Gasteiger partial charge is 0.156 e. The molecule has 3 aromatic heterocycles. The molecule has 5 heteroatoms. The number of hydrogen-bond donors (Lipinski definition) is 1. The van der Waals surface area contributed by atoms with Gasteiger partial charge in [-0.2, -0.15) is 0 Å². The van der Waals surface area contributed by atoms with Gasteiger partial charge in [-0.25, -0.2) is 4.98 Å². The monoisotopic (exact) mass is 339 g/mol. The minimum atomic E-state index is 0.418. The Balaban J connectivity index is 1.97. The van der Waals surface area contributed by atoms with Crippen molar-refractivity contribution in [2.75, 3.05) is 0 Å². The molecule has 0 aliphatic heterocycles. The van der Waals surface area contributed by atoms with Gasteiger partial charge in [0, 0.05) is 28.3 Å². The molecule has 0 unspecified atom stereocenters. The maximum Gasteiger partial charge on any atom is 0.156 e. The van der Waals surface area contributed by atoms with Crippen molar-refractivity contribution in [2.45, 2.75) is 0 Å². The van der Waals surface area contributed by atoms with Crippen LogP contribution in [-0.4, -0.2) is 9.38 Å². The zero-order valence-electron chi connectivity index (χ0n) is 10.9. The van der Waals surface area contributed by atoms with Crippen molar-refractivity contribution in [3.63, 3.8) is 0 Å². The summed E-state index contributed by atoms with van der Waals surface area (Å²) in [6.45, 7) is 0. The second-order valence-electron chi connectivity index (χ2n) is 4.78. The fourth-order valence-corrected chi connectivity index (χ4v) is 2.71. The molecular weight excluding hydrogens is 330 g/mol. The number of fused-ring (bicyclic) bond motifs is 2. The van der Waals surface area contributed by atoms with Crippen molar-refractivity contribution in [2.24, 2.45) is 0 Å². The van der Waals surface area contributed by atoms with Crippen molar-refractivity contribution in [3.05, 3.63) is 64.8 Å². The molecule has 21 heavy (non-hydrogen) atoms. The van der Waals surface area contributed by atoms with E-state index in [4.69, 9.17) is 9.83 Å². The van der Waals surface area contributed by atoms with E-state index in [2.05, 4.69) is 20.9 Å². The van der Waals surface area contributed by atoms with Crippen LogP contribution in [0.3, 0.4) is 0 Å². The molecule has 1 N–H and O–H groups in total. The van der Waals surface area contributed by atoms with Gasteiger partial charge in [-0.05, 0) is 30.3 Å². The molecule has 0 saturated heterocycles. The van der Waals surface area contributed by atoms with Gasteiger partial charge in [0.1, 0.15) is 11.3 Å². The number of halogens is 1. The zero-order valence-corrected chi connectivity index (χ0v) is 12.5. The van der Waals surface area contributed by atoms with E-state index in [1.807, 2.05) is 47.1 Å². The lowest BCUT2D eigenvalue weighted by atomic mass is 10.2. The predicted octanol–water partition coefficient (Wildman–Crippen LogP) is 3.99. The van der Waals surface area contributed by atoms with Crippen LogP contribution in [-0.2, 0) is 0 Å². The van der Waals surface area contributed by atoms with E-state index in [0.717, 1.165) is 15.4 Å². The molecule has 102 valence electrons. The molecule has 0 bridgehead atoms. The molecule has 4 aromatic rings. The summed E-state index contributed by atoms with van der Waals surface area (Å²) >= 11 is 3.41. The van der Waals surface area contributed by atoms with E-state index < -0.39 is 0 Å². The zero-order chi connectivity index (χ0) is 14.4. The highest BCUT2D eigenvalue weighted by atomic mass is 79.9. The summed E-state index contributed by atoms with van der Waals surface area (Å²) in [5.41, 5.74) is 2.40. The molecule has 0 saturated carbocycles. The van der Waals surface area contributed by atoms with Crippen LogP contribution in [0.4, 0.5) is 0 Å². The minimum Gasteiger partial charge on any atom is -0.454 e. The van der Waals surface area contributed by atoms with Gasteiger partial charge in [0.25, 0.3) is 0 Å². The molecule has 0 amide bonds. The van der Waals surface area contributed by atoms with Crippen LogP contribution in [0.25, 0.3) is 27.9 Å². The third-order valence-electron chi connectivity index (χ3n) is 3.39. The maximum absolute atomic E-state index is 8.17. The summed E-state index contributed by atoms with van der Waals surface area (Å²) in [6, 6.07) is 11.3. The van der Waals surface area contributed by atoms with Gasteiger partial charge in [-0.3, -0.25) is 5.41 Å². The molecule has 0 radical (unpaired) electrons. The van der Waals surface area contributed by atoms with E-state index in [1.165, 1.54) is 0 Å². The molecule has 0 aliphatic carbocycles. The van der Waals surface area contributed by atoms with E-state index in [-0.39, 0.29) is 0 Å². The Labute approximate surface area is 128 Å². The van der Waals surface area contributed by atoms with Gasteiger partial charge in [0.2, 0.25) is 0 Å². The summed E-state index contributed by atoms with van der Waals surface area (Å²) in [5.74, 6) is 0.588. The Morgan fingerprint density at radius 2 is 2.10 bits per heavy atom. The van der Waals surface area contributed by atoms with E-state index in [1.54, 1.807) is 12.3 Å². The molecule has 0 fully saturated rings. The molecule has 1 aromatic carbocycles. The Bertz CT molecular complexity index is 1030. The van der Waals surface area contributed by atoms with E-state index in [9.17, 15) is 0 Å². The topological polar surface area (TPSA) is 54.3 Å². The van der Waals surface area contributed by atoms with Gasteiger partial charge in [-0.15, -0.1) is 0 Å². The Hall–Kier alpha value is -2.40. The highest BCUT2D eigenvalue weighted by Crippen LogP contribution is 2.23. The average molecular weight is 340 g/mol. The lowest BCUT2D eigenvalue weighted by molar-refractivity contribution is 0.614. The van der Waals surface area contributed by atoms with Gasteiger partial charge in [0.15, 0.2) is 5.76 Å². The first-order valence-corrected chi connectivity index (χ1v) is 7.21. The highest BCUT2D eigenvalue weighted by Gasteiger charge is 2.07. The largest absolute Gasteiger partial charge is 0.454 e. The SMILES string of the molecule is N=c1cc(-c2cn3cccc3cn2)oc2ccc(Br)cc12. The first-order chi connectivity index (χ1) is 10.2. The second kappa shape index (κ2) is 4.56. The fraction of sp³-hybridized carbons (Fsp3) is 0.